The quantitative estimate of drug-likeness (QED) is 0.790. The molecule has 0 bridgehead atoms. The highest BCUT2D eigenvalue weighted by Crippen LogP contribution is 2.25. The lowest BCUT2D eigenvalue weighted by molar-refractivity contribution is -0.118. The summed E-state index contributed by atoms with van der Waals surface area (Å²) in [5.74, 6) is -1.14. The van der Waals surface area contributed by atoms with Crippen LogP contribution in [0.3, 0.4) is 0 Å². The maximum Gasteiger partial charge on any atom is 0.243 e. The number of hydrogen-bond donors (Lipinski definition) is 1. The number of carbonyl (C=O) groups excluding carboxylic acids is 1. The Labute approximate surface area is 147 Å². The van der Waals surface area contributed by atoms with Gasteiger partial charge in [0.05, 0.1) is 10.1 Å². The summed E-state index contributed by atoms with van der Waals surface area (Å²) in [6.45, 7) is 0.200. The molecule has 1 amide bonds. The molecule has 0 unspecified atom stereocenters. The van der Waals surface area contributed by atoms with Gasteiger partial charge in [0.15, 0.2) is 9.84 Å². The normalized spacial score (nSPS) is 17.6. The minimum atomic E-state index is -3.67. The number of nitrogens with one attached hydrogen (secondary N) is 1. The van der Waals surface area contributed by atoms with E-state index in [1.54, 1.807) is 0 Å². The molecule has 0 atom stereocenters. The highest BCUT2D eigenvalue weighted by atomic mass is 35.5. The van der Waals surface area contributed by atoms with Crippen LogP contribution in [0.15, 0.2) is 29.2 Å². The molecule has 1 aromatic rings. The Balaban J connectivity index is 2.07. The molecule has 1 N–H and O–H groups in total. The van der Waals surface area contributed by atoms with Crippen molar-refractivity contribution in [3.8, 4) is 0 Å². The zero-order chi connectivity index (χ0) is 18.0. The van der Waals surface area contributed by atoms with Crippen molar-refractivity contribution in [2.75, 3.05) is 25.9 Å². The number of rotatable bonds is 5. The summed E-state index contributed by atoms with van der Waals surface area (Å²) in [4.78, 5) is 11.4. The molecule has 0 radical (unpaired) electrons. The lowest BCUT2D eigenvalue weighted by atomic mass is 10.2. The van der Waals surface area contributed by atoms with Crippen LogP contribution in [0.2, 0.25) is 5.02 Å². The summed E-state index contributed by atoms with van der Waals surface area (Å²) in [7, 11) is -5.89. The monoisotopic (exact) mass is 394 g/mol. The fourth-order valence-electron chi connectivity index (χ4n) is 2.56. The minimum absolute atomic E-state index is 0.0998. The summed E-state index contributed by atoms with van der Waals surface area (Å²) in [5.41, 5.74) is 0. The zero-order valence-corrected chi connectivity index (χ0v) is 15.5. The second-order valence-corrected chi connectivity index (χ2v) is 10.2. The van der Waals surface area contributed by atoms with E-state index in [0.717, 1.165) is 0 Å². The van der Waals surface area contributed by atoms with E-state index in [0.29, 0.717) is 5.02 Å². The van der Waals surface area contributed by atoms with Gasteiger partial charge in [-0.2, -0.15) is 4.31 Å². The number of piperidine rings is 1. The smallest absolute Gasteiger partial charge is 0.243 e. The van der Waals surface area contributed by atoms with Gasteiger partial charge in [-0.3, -0.25) is 4.79 Å². The van der Waals surface area contributed by atoms with Crippen LogP contribution < -0.4 is 5.32 Å². The van der Waals surface area contributed by atoms with Gasteiger partial charge in [0, 0.05) is 25.2 Å². The Hall–Kier alpha value is -1.16. The standard InChI is InChI=1S/C14H19ClN2O5S2/c1-16-14(18)10-23(19,20)12-6-8-17(9-7-12)24(21,22)13-4-2-11(15)3-5-13/h2-5,12H,6-10H2,1H3,(H,16,18). The Kier molecular flexibility index (Phi) is 5.90. The fourth-order valence-corrected chi connectivity index (χ4v) is 5.83. The number of sulfonamides is 1. The minimum Gasteiger partial charge on any atom is -0.358 e. The summed E-state index contributed by atoms with van der Waals surface area (Å²) in [5, 5.41) is 2.02. The summed E-state index contributed by atoms with van der Waals surface area (Å²) >= 11 is 5.76. The lowest BCUT2D eigenvalue weighted by Gasteiger charge is -2.30. The van der Waals surface area contributed by atoms with Crippen molar-refractivity contribution in [3.05, 3.63) is 29.3 Å². The fraction of sp³-hybridized carbons (Fsp3) is 0.500. The molecule has 1 aromatic carbocycles. The van der Waals surface area contributed by atoms with Crippen molar-refractivity contribution in [1.82, 2.24) is 9.62 Å². The van der Waals surface area contributed by atoms with E-state index in [2.05, 4.69) is 5.32 Å². The average molecular weight is 395 g/mol. The summed E-state index contributed by atoms with van der Waals surface area (Å²) in [6.07, 6.45) is 0.346. The first-order valence-corrected chi connectivity index (χ1v) is 10.9. The van der Waals surface area contributed by atoms with Crippen LogP contribution in [-0.4, -0.2) is 58.2 Å². The van der Waals surface area contributed by atoms with Crippen molar-refractivity contribution in [3.63, 3.8) is 0 Å². The van der Waals surface area contributed by atoms with Gasteiger partial charge in [-0.1, -0.05) is 11.6 Å². The van der Waals surface area contributed by atoms with E-state index in [1.165, 1.54) is 35.6 Å². The first kappa shape index (κ1) is 19.2. The number of amides is 1. The molecule has 0 aromatic heterocycles. The van der Waals surface area contributed by atoms with Crippen LogP contribution in [0.5, 0.6) is 0 Å². The number of carbonyl (C=O) groups is 1. The molecule has 24 heavy (non-hydrogen) atoms. The van der Waals surface area contributed by atoms with E-state index >= 15 is 0 Å². The number of halogens is 1. The van der Waals surface area contributed by atoms with Gasteiger partial charge in [0.25, 0.3) is 0 Å². The van der Waals surface area contributed by atoms with Gasteiger partial charge in [0.2, 0.25) is 15.9 Å². The van der Waals surface area contributed by atoms with E-state index in [9.17, 15) is 21.6 Å². The Bertz CT molecular complexity index is 798. The number of benzene rings is 1. The van der Waals surface area contributed by atoms with E-state index in [-0.39, 0.29) is 30.8 Å². The first-order valence-electron chi connectivity index (χ1n) is 7.34. The van der Waals surface area contributed by atoms with Gasteiger partial charge in [-0.25, -0.2) is 16.8 Å². The van der Waals surface area contributed by atoms with Crippen molar-refractivity contribution < 1.29 is 21.6 Å². The van der Waals surface area contributed by atoms with Gasteiger partial charge in [-0.15, -0.1) is 0 Å². The van der Waals surface area contributed by atoms with Crippen LogP contribution in [-0.2, 0) is 24.7 Å². The third-order valence-electron chi connectivity index (χ3n) is 3.97. The van der Waals surface area contributed by atoms with Gasteiger partial charge < -0.3 is 5.32 Å². The van der Waals surface area contributed by atoms with E-state index < -0.39 is 36.8 Å². The Morgan fingerprint density at radius 2 is 1.71 bits per heavy atom. The molecule has 0 aliphatic carbocycles. The second kappa shape index (κ2) is 7.38. The highest BCUT2D eigenvalue weighted by Gasteiger charge is 2.35. The molecule has 1 heterocycles. The van der Waals surface area contributed by atoms with Crippen LogP contribution in [0.4, 0.5) is 0 Å². The molecule has 1 saturated heterocycles. The number of nitrogens with zero attached hydrogens (tertiary/aromatic N) is 1. The third kappa shape index (κ3) is 4.27. The largest absolute Gasteiger partial charge is 0.358 e. The van der Waals surface area contributed by atoms with Crippen LogP contribution in [0, 0.1) is 0 Å². The van der Waals surface area contributed by atoms with Gasteiger partial charge in [0.1, 0.15) is 5.75 Å². The second-order valence-electron chi connectivity index (χ2n) is 5.54. The molecular weight excluding hydrogens is 376 g/mol. The lowest BCUT2D eigenvalue weighted by Crippen LogP contribution is -2.44. The maximum absolute atomic E-state index is 12.5. The van der Waals surface area contributed by atoms with E-state index in [4.69, 9.17) is 11.6 Å². The third-order valence-corrected chi connectivity index (χ3v) is 8.29. The summed E-state index contributed by atoms with van der Waals surface area (Å²) < 4.78 is 50.7. The number of sulfone groups is 1. The molecule has 1 aliphatic heterocycles. The molecule has 134 valence electrons. The van der Waals surface area contributed by atoms with Gasteiger partial charge >= 0.3 is 0 Å². The molecule has 7 nitrogen and oxygen atoms in total. The highest BCUT2D eigenvalue weighted by molar-refractivity contribution is 7.92. The van der Waals surface area contributed by atoms with E-state index in [1.807, 2.05) is 0 Å². The molecule has 0 spiro atoms. The van der Waals surface area contributed by atoms with Crippen molar-refractivity contribution in [2.24, 2.45) is 0 Å². The predicted molar refractivity (Wildman–Crippen MR) is 91.1 cm³/mol. The Morgan fingerprint density at radius 1 is 1.17 bits per heavy atom. The average Bonchev–Trinajstić information content (AvgIpc) is 2.55. The van der Waals surface area contributed by atoms with Crippen molar-refractivity contribution in [2.45, 2.75) is 23.0 Å². The predicted octanol–water partition coefficient (Wildman–Crippen LogP) is 0.654. The summed E-state index contributed by atoms with van der Waals surface area (Å²) in [6, 6.07) is 5.84. The van der Waals surface area contributed by atoms with Crippen LogP contribution >= 0.6 is 11.6 Å². The van der Waals surface area contributed by atoms with Crippen LogP contribution in [0.25, 0.3) is 0 Å². The molecule has 1 aliphatic rings. The molecular formula is C14H19ClN2O5S2. The molecule has 0 saturated carbocycles. The van der Waals surface area contributed by atoms with Crippen molar-refractivity contribution in [1.29, 1.82) is 0 Å². The van der Waals surface area contributed by atoms with Crippen LogP contribution in [0.1, 0.15) is 12.8 Å². The topological polar surface area (TPSA) is 101 Å². The maximum atomic E-state index is 12.5. The SMILES string of the molecule is CNC(=O)CS(=O)(=O)C1CCN(S(=O)(=O)c2ccc(Cl)cc2)CC1. The Morgan fingerprint density at radius 3 is 2.21 bits per heavy atom. The number of hydrogen-bond acceptors (Lipinski definition) is 5. The zero-order valence-electron chi connectivity index (χ0n) is 13.1. The molecule has 10 heteroatoms. The van der Waals surface area contributed by atoms with Crippen molar-refractivity contribution >= 4 is 37.4 Å². The molecule has 2 rings (SSSR count). The first-order chi connectivity index (χ1) is 11.2. The van der Waals surface area contributed by atoms with Gasteiger partial charge in [-0.05, 0) is 37.1 Å². The molecule has 1 fully saturated rings.